The van der Waals surface area contributed by atoms with E-state index in [-0.39, 0.29) is 0 Å². The predicted molar refractivity (Wildman–Crippen MR) is 58.1 cm³/mol. The molecule has 1 saturated carbocycles. The number of alkyl halides is 3. The molecule has 2 atom stereocenters. The standard InChI is InChI=1S/C12H15F3O4/c1-11(2,3)19-10(18)9-7(12(13,14)15)4-6(16)5-8(9)17/h7,9H,4-5H2,1-3H3. The van der Waals surface area contributed by atoms with Gasteiger partial charge in [-0.15, -0.1) is 0 Å². The van der Waals surface area contributed by atoms with E-state index in [1.165, 1.54) is 20.8 Å². The van der Waals surface area contributed by atoms with Crippen LogP contribution in [0.5, 0.6) is 0 Å². The molecule has 0 aliphatic heterocycles. The molecule has 0 radical (unpaired) electrons. The van der Waals surface area contributed by atoms with Crippen molar-refractivity contribution in [2.45, 2.75) is 45.4 Å². The van der Waals surface area contributed by atoms with Crippen molar-refractivity contribution in [3.63, 3.8) is 0 Å². The quantitative estimate of drug-likeness (QED) is 0.545. The van der Waals surface area contributed by atoms with Crippen LogP contribution in [0.2, 0.25) is 0 Å². The van der Waals surface area contributed by atoms with Crippen molar-refractivity contribution in [3.05, 3.63) is 0 Å². The fourth-order valence-electron chi connectivity index (χ4n) is 1.93. The monoisotopic (exact) mass is 280 g/mol. The maximum atomic E-state index is 12.8. The average Bonchev–Trinajstić information content (AvgIpc) is 2.11. The minimum absolute atomic E-state index is 0.642. The highest BCUT2D eigenvalue weighted by molar-refractivity contribution is 6.10. The molecule has 1 fully saturated rings. The highest BCUT2D eigenvalue weighted by atomic mass is 19.4. The first-order valence-electron chi connectivity index (χ1n) is 5.76. The lowest BCUT2D eigenvalue weighted by Crippen LogP contribution is -2.47. The van der Waals surface area contributed by atoms with Crippen molar-refractivity contribution in [1.82, 2.24) is 0 Å². The van der Waals surface area contributed by atoms with Gasteiger partial charge in [-0.25, -0.2) is 0 Å². The smallest absolute Gasteiger partial charge is 0.393 e. The van der Waals surface area contributed by atoms with Crippen LogP contribution in [-0.4, -0.2) is 29.3 Å². The number of hydrogen-bond donors (Lipinski definition) is 0. The Balaban J connectivity index is 3.02. The zero-order chi connectivity index (χ0) is 15.0. The van der Waals surface area contributed by atoms with Gasteiger partial charge >= 0.3 is 12.1 Å². The van der Waals surface area contributed by atoms with Gasteiger partial charge in [0.1, 0.15) is 17.3 Å². The Labute approximate surface area is 108 Å². The summed E-state index contributed by atoms with van der Waals surface area (Å²) in [7, 11) is 0. The second-order valence-electron chi connectivity index (χ2n) is 5.55. The van der Waals surface area contributed by atoms with Crippen LogP contribution in [0.3, 0.4) is 0 Å². The third-order valence-electron chi connectivity index (χ3n) is 2.65. The van der Waals surface area contributed by atoms with Crippen molar-refractivity contribution < 1.29 is 32.3 Å². The van der Waals surface area contributed by atoms with Crippen LogP contribution in [0.1, 0.15) is 33.6 Å². The van der Waals surface area contributed by atoms with E-state index in [1.807, 2.05) is 0 Å². The molecule has 1 aliphatic rings. The van der Waals surface area contributed by atoms with E-state index in [4.69, 9.17) is 4.74 Å². The van der Waals surface area contributed by atoms with Crippen molar-refractivity contribution in [1.29, 1.82) is 0 Å². The second kappa shape index (κ2) is 4.94. The molecule has 0 saturated heterocycles. The molecule has 4 nitrogen and oxygen atoms in total. The summed E-state index contributed by atoms with van der Waals surface area (Å²) >= 11 is 0. The van der Waals surface area contributed by atoms with Crippen LogP contribution < -0.4 is 0 Å². The first-order chi connectivity index (χ1) is 8.42. The number of Topliss-reactive ketones (excluding diaryl/α,β-unsaturated/α-hetero) is 2. The molecule has 1 rings (SSSR count). The maximum Gasteiger partial charge on any atom is 0.393 e. The Hall–Kier alpha value is -1.40. The van der Waals surface area contributed by atoms with Crippen molar-refractivity contribution in [2.75, 3.05) is 0 Å². The molecule has 2 unspecified atom stereocenters. The zero-order valence-corrected chi connectivity index (χ0v) is 10.8. The Morgan fingerprint density at radius 2 is 1.74 bits per heavy atom. The summed E-state index contributed by atoms with van der Waals surface area (Å²) in [5, 5.41) is 0. The molecular weight excluding hydrogens is 265 g/mol. The van der Waals surface area contributed by atoms with E-state index >= 15 is 0 Å². The first-order valence-corrected chi connectivity index (χ1v) is 5.76. The predicted octanol–water partition coefficient (Wildman–Crippen LogP) is 2.05. The minimum Gasteiger partial charge on any atom is -0.459 e. The number of carbonyl (C=O) groups excluding carboxylic acids is 3. The van der Waals surface area contributed by atoms with Gasteiger partial charge < -0.3 is 4.74 Å². The third-order valence-corrected chi connectivity index (χ3v) is 2.65. The molecule has 7 heteroatoms. The molecule has 108 valence electrons. The van der Waals surface area contributed by atoms with Crippen LogP contribution in [-0.2, 0) is 19.1 Å². The molecule has 0 N–H and O–H groups in total. The molecule has 0 heterocycles. The van der Waals surface area contributed by atoms with Gasteiger partial charge in [0, 0.05) is 6.42 Å². The molecule has 0 bridgehead atoms. The summed E-state index contributed by atoms with van der Waals surface area (Å²) in [5.41, 5.74) is -0.991. The van der Waals surface area contributed by atoms with Crippen molar-refractivity contribution in [2.24, 2.45) is 11.8 Å². The van der Waals surface area contributed by atoms with Crippen LogP contribution in [0.25, 0.3) is 0 Å². The van der Waals surface area contributed by atoms with Crippen LogP contribution in [0.15, 0.2) is 0 Å². The molecule has 0 aromatic carbocycles. The number of rotatable bonds is 1. The van der Waals surface area contributed by atoms with Gasteiger partial charge in [0.2, 0.25) is 0 Å². The number of hydrogen-bond acceptors (Lipinski definition) is 4. The fourth-order valence-corrected chi connectivity index (χ4v) is 1.93. The van der Waals surface area contributed by atoms with Crippen molar-refractivity contribution >= 4 is 17.5 Å². The molecule has 0 aromatic heterocycles. The summed E-state index contributed by atoms with van der Waals surface area (Å²) < 4.78 is 43.3. The molecule has 0 spiro atoms. The van der Waals surface area contributed by atoms with E-state index in [9.17, 15) is 27.6 Å². The minimum atomic E-state index is -4.78. The molecule has 0 amide bonds. The van der Waals surface area contributed by atoms with E-state index < -0.39 is 54.0 Å². The zero-order valence-electron chi connectivity index (χ0n) is 10.8. The van der Waals surface area contributed by atoms with Crippen LogP contribution in [0, 0.1) is 11.8 Å². The summed E-state index contributed by atoms with van der Waals surface area (Å²) in [6, 6.07) is 0. The topological polar surface area (TPSA) is 60.4 Å². The molecular formula is C12H15F3O4. The Morgan fingerprint density at radius 3 is 2.16 bits per heavy atom. The maximum absolute atomic E-state index is 12.8. The third kappa shape index (κ3) is 4.04. The van der Waals surface area contributed by atoms with E-state index in [1.54, 1.807) is 0 Å². The van der Waals surface area contributed by atoms with Gasteiger partial charge in [-0.05, 0) is 20.8 Å². The first kappa shape index (κ1) is 15.7. The van der Waals surface area contributed by atoms with Gasteiger partial charge in [0.05, 0.1) is 12.3 Å². The normalized spacial score (nSPS) is 25.4. The fraction of sp³-hybridized carbons (Fsp3) is 0.750. The largest absolute Gasteiger partial charge is 0.459 e. The SMILES string of the molecule is CC(C)(C)OC(=O)C1C(=O)CC(=O)CC1C(F)(F)F. The summed E-state index contributed by atoms with van der Waals surface area (Å²) in [4.78, 5) is 34.4. The number of esters is 1. The summed E-state index contributed by atoms with van der Waals surface area (Å²) in [6.07, 6.45) is -6.27. The number of ether oxygens (including phenoxy) is 1. The van der Waals surface area contributed by atoms with Crippen LogP contribution >= 0.6 is 0 Å². The number of ketones is 2. The Kier molecular flexibility index (Phi) is 4.07. The summed E-state index contributed by atoms with van der Waals surface area (Å²) in [5.74, 6) is -7.25. The molecule has 0 aromatic rings. The van der Waals surface area contributed by atoms with Gasteiger partial charge in [0.25, 0.3) is 0 Å². The Bertz CT molecular complexity index is 406. The van der Waals surface area contributed by atoms with Gasteiger partial charge in [-0.3, -0.25) is 14.4 Å². The van der Waals surface area contributed by atoms with E-state index in [2.05, 4.69) is 0 Å². The lowest BCUT2D eigenvalue weighted by atomic mass is 9.77. The highest BCUT2D eigenvalue weighted by Gasteiger charge is 2.54. The number of halogens is 3. The molecule has 19 heavy (non-hydrogen) atoms. The highest BCUT2D eigenvalue weighted by Crippen LogP contribution is 2.39. The van der Waals surface area contributed by atoms with Gasteiger partial charge in [-0.2, -0.15) is 13.2 Å². The lowest BCUT2D eigenvalue weighted by molar-refractivity contribution is -0.207. The summed E-state index contributed by atoms with van der Waals surface area (Å²) in [6.45, 7) is 4.48. The lowest BCUT2D eigenvalue weighted by Gasteiger charge is -2.31. The van der Waals surface area contributed by atoms with Crippen molar-refractivity contribution in [3.8, 4) is 0 Å². The van der Waals surface area contributed by atoms with E-state index in [0.717, 1.165) is 0 Å². The molecule has 1 aliphatic carbocycles. The average molecular weight is 280 g/mol. The second-order valence-corrected chi connectivity index (χ2v) is 5.55. The Morgan fingerprint density at radius 1 is 1.21 bits per heavy atom. The number of carbonyl (C=O) groups is 3. The van der Waals surface area contributed by atoms with Crippen LogP contribution in [0.4, 0.5) is 13.2 Å². The van der Waals surface area contributed by atoms with Gasteiger partial charge in [-0.1, -0.05) is 0 Å². The van der Waals surface area contributed by atoms with E-state index in [0.29, 0.717) is 0 Å². The van der Waals surface area contributed by atoms with Gasteiger partial charge in [0.15, 0.2) is 5.78 Å².